The monoisotopic (exact) mass is 384 g/mol. The largest absolute Gasteiger partial charge is 0.450 e. The number of fused-ring (bicyclic) bond motifs is 3. The number of nitrogens with zero attached hydrogens (tertiary/aromatic N) is 3. The second kappa shape index (κ2) is 6.96. The van der Waals surface area contributed by atoms with Crippen molar-refractivity contribution in [2.45, 2.75) is 13.0 Å². The Hall–Kier alpha value is -2.41. The quantitative estimate of drug-likeness (QED) is 0.564. The van der Waals surface area contributed by atoms with E-state index in [0.29, 0.717) is 17.5 Å². The van der Waals surface area contributed by atoms with Crippen molar-refractivity contribution in [3.8, 4) is 11.7 Å². The van der Waals surface area contributed by atoms with E-state index < -0.39 is 0 Å². The molecule has 0 spiro atoms. The summed E-state index contributed by atoms with van der Waals surface area (Å²) in [4.78, 5) is 6.88. The van der Waals surface area contributed by atoms with Gasteiger partial charge in [-0.05, 0) is 19.4 Å². The third-order valence-electron chi connectivity index (χ3n) is 5.27. The molecule has 3 heterocycles. The van der Waals surface area contributed by atoms with Crippen LogP contribution in [0.1, 0.15) is 17.4 Å². The Morgan fingerprint density at radius 3 is 2.85 bits per heavy atom. The van der Waals surface area contributed by atoms with Gasteiger partial charge in [0.25, 0.3) is 5.89 Å². The molecule has 5 rings (SSSR count). The molecule has 0 aliphatic carbocycles. The number of halogens is 1. The number of rotatable bonds is 2. The van der Waals surface area contributed by atoms with Crippen molar-refractivity contribution in [3.63, 3.8) is 0 Å². The number of hydrogen-bond acceptors (Lipinski definition) is 6. The number of piperazine rings is 1. The number of furan rings is 1. The molecule has 1 atom stereocenters. The number of likely N-dealkylation sites (N-methyl/N-ethyl adjacent to an activating group) is 1. The van der Waals surface area contributed by atoms with E-state index in [1.54, 1.807) is 0 Å². The van der Waals surface area contributed by atoms with E-state index >= 15 is 0 Å². The Kier molecular flexibility index (Phi) is 4.63. The first-order valence-corrected chi connectivity index (χ1v) is 8.88. The molecular weight excluding hydrogens is 364 g/mol. The number of aryl methyl sites for hydroxylation is 1. The van der Waals surface area contributed by atoms with Crippen molar-refractivity contribution in [3.05, 3.63) is 47.8 Å². The first-order chi connectivity index (χ1) is 12.7. The Morgan fingerprint density at radius 2 is 2.00 bits per heavy atom. The lowest BCUT2D eigenvalue weighted by atomic mass is 10.1. The van der Waals surface area contributed by atoms with Gasteiger partial charge in [0.05, 0.1) is 6.04 Å². The predicted octanol–water partition coefficient (Wildman–Crippen LogP) is 3.94. The third kappa shape index (κ3) is 2.90. The van der Waals surface area contributed by atoms with Crippen LogP contribution in [0.5, 0.6) is 0 Å². The van der Waals surface area contributed by atoms with E-state index in [-0.39, 0.29) is 18.4 Å². The molecule has 1 unspecified atom stereocenters. The summed E-state index contributed by atoms with van der Waals surface area (Å²) in [5.41, 5.74) is 1.89. The zero-order valence-corrected chi connectivity index (χ0v) is 16.0. The molecule has 7 heteroatoms. The Balaban J connectivity index is 0.00000180. The Morgan fingerprint density at radius 1 is 1.15 bits per heavy atom. The molecule has 0 saturated carbocycles. The molecule has 1 N–H and O–H groups in total. The van der Waals surface area contributed by atoms with E-state index in [4.69, 9.17) is 8.94 Å². The molecule has 6 nitrogen and oxygen atoms in total. The van der Waals surface area contributed by atoms with Crippen LogP contribution in [-0.4, -0.2) is 41.7 Å². The summed E-state index contributed by atoms with van der Waals surface area (Å²) >= 11 is 0. The SMILES string of the molecule is Cc1c(-c2nc(C3CNCCN3C)no2)oc2c1ccc1ccccc12.Cl. The van der Waals surface area contributed by atoms with Gasteiger partial charge in [-0.1, -0.05) is 41.6 Å². The van der Waals surface area contributed by atoms with Crippen LogP contribution in [0, 0.1) is 6.92 Å². The minimum atomic E-state index is 0. The molecule has 1 saturated heterocycles. The van der Waals surface area contributed by atoms with Gasteiger partial charge >= 0.3 is 0 Å². The zero-order valence-electron chi connectivity index (χ0n) is 15.2. The minimum Gasteiger partial charge on any atom is -0.450 e. The van der Waals surface area contributed by atoms with Crippen molar-refractivity contribution in [1.82, 2.24) is 20.4 Å². The molecule has 27 heavy (non-hydrogen) atoms. The molecule has 4 aromatic rings. The van der Waals surface area contributed by atoms with Crippen LogP contribution in [0.25, 0.3) is 33.4 Å². The topological polar surface area (TPSA) is 67.3 Å². The highest BCUT2D eigenvalue weighted by molar-refractivity contribution is 6.06. The summed E-state index contributed by atoms with van der Waals surface area (Å²) in [7, 11) is 2.08. The molecule has 2 aromatic carbocycles. The summed E-state index contributed by atoms with van der Waals surface area (Å²) in [6.07, 6.45) is 0. The molecule has 1 aliphatic rings. The van der Waals surface area contributed by atoms with E-state index in [1.807, 2.05) is 19.1 Å². The van der Waals surface area contributed by atoms with Gasteiger partial charge in [0.2, 0.25) is 0 Å². The molecule has 1 aliphatic heterocycles. The van der Waals surface area contributed by atoms with Crippen LogP contribution in [-0.2, 0) is 0 Å². The van der Waals surface area contributed by atoms with E-state index in [0.717, 1.165) is 46.9 Å². The standard InChI is InChI=1S/C20H20N4O2.ClH/c1-12-14-8-7-13-5-3-4-6-15(13)18(14)25-17(12)20-22-19(23-26-20)16-11-21-9-10-24(16)2;/h3-8,16,21H,9-11H2,1-2H3;1H. The van der Waals surface area contributed by atoms with Gasteiger partial charge < -0.3 is 14.3 Å². The fourth-order valence-corrected chi connectivity index (χ4v) is 3.71. The van der Waals surface area contributed by atoms with Crippen LogP contribution in [0.4, 0.5) is 0 Å². The molecule has 140 valence electrons. The van der Waals surface area contributed by atoms with Gasteiger partial charge in [0, 0.05) is 36.0 Å². The first kappa shape index (κ1) is 18.0. The molecule has 1 fully saturated rings. The lowest BCUT2D eigenvalue weighted by Gasteiger charge is -2.30. The smallest absolute Gasteiger partial charge is 0.294 e. The van der Waals surface area contributed by atoms with E-state index in [1.165, 1.54) is 0 Å². The average molecular weight is 385 g/mol. The van der Waals surface area contributed by atoms with Gasteiger partial charge in [0.15, 0.2) is 11.6 Å². The third-order valence-corrected chi connectivity index (χ3v) is 5.27. The van der Waals surface area contributed by atoms with Crippen molar-refractivity contribution >= 4 is 34.1 Å². The molecule has 0 radical (unpaired) electrons. The highest BCUT2D eigenvalue weighted by Gasteiger charge is 2.27. The summed E-state index contributed by atoms with van der Waals surface area (Å²) in [6.45, 7) is 4.80. The van der Waals surface area contributed by atoms with Crippen LogP contribution >= 0.6 is 12.4 Å². The second-order valence-electron chi connectivity index (χ2n) is 6.88. The van der Waals surface area contributed by atoms with Gasteiger partial charge in [-0.3, -0.25) is 4.90 Å². The highest BCUT2D eigenvalue weighted by atomic mass is 35.5. The first-order valence-electron chi connectivity index (χ1n) is 8.88. The maximum atomic E-state index is 6.20. The van der Waals surface area contributed by atoms with E-state index in [2.05, 4.69) is 51.7 Å². The number of benzene rings is 2. The summed E-state index contributed by atoms with van der Waals surface area (Å²) in [6, 6.07) is 12.5. The maximum Gasteiger partial charge on any atom is 0.294 e. The minimum absolute atomic E-state index is 0. The molecule has 0 amide bonds. The van der Waals surface area contributed by atoms with E-state index in [9.17, 15) is 0 Å². The van der Waals surface area contributed by atoms with Gasteiger partial charge in [0.1, 0.15) is 5.58 Å². The molecular formula is C20H21ClN4O2. The number of aromatic nitrogens is 2. The lowest BCUT2D eigenvalue weighted by Crippen LogP contribution is -2.44. The Bertz CT molecular complexity index is 1100. The van der Waals surface area contributed by atoms with Crippen molar-refractivity contribution in [2.75, 3.05) is 26.7 Å². The van der Waals surface area contributed by atoms with Crippen LogP contribution in [0.15, 0.2) is 45.3 Å². The van der Waals surface area contributed by atoms with Crippen molar-refractivity contribution < 1.29 is 8.94 Å². The Labute approximate surface area is 162 Å². The predicted molar refractivity (Wildman–Crippen MR) is 107 cm³/mol. The summed E-state index contributed by atoms with van der Waals surface area (Å²) < 4.78 is 11.8. The van der Waals surface area contributed by atoms with Crippen LogP contribution < -0.4 is 5.32 Å². The molecule has 0 bridgehead atoms. The van der Waals surface area contributed by atoms with Gasteiger partial charge in [-0.15, -0.1) is 12.4 Å². The van der Waals surface area contributed by atoms with Crippen LogP contribution in [0.2, 0.25) is 0 Å². The second-order valence-corrected chi connectivity index (χ2v) is 6.88. The van der Waals surface area contributed by atoms with Crippen molar-refractivity contribution in [2.24, 2.45) is 0 Å². The normalized spacial score (nSPS) is 18.1. The zero-order chi connectivity index (χ0) is 17.7. The highest BCUT2D eigenvalue weighted by Crippen LogP contribution is 2.36. The van der Waals surface area contributed by atoms with Crippen LogP contribution in [0.3, 0.4) is 0 Å². The maximum absolute atomic E-state index is 6.20. The number of nitrogens with one attached hydrogen (secondary N) is 1. The fraction of sp³-hybridized carbons (Fsp3) is 0.300. The molecule has 2 aromatic heterocycles. The van der Waals surface area contributed by atoms with Crippen molar-refractivity contribution in [1.29, 1.82) is 0 Å². The average Bonchev–Trinajstić information content (AvgIpc) is 3.27. The van der Waals surface area contributed by atoms with Gasteiger partial charge in [-0.25, -0.2) is 0 Å². The van der Waals surface area contributed by atoms with Gasteiger partial charge in [-0.2, -0.15) is 4.98 Å². The lowest BCUT2D eigenvalue weighted by molar-refractivity contribution is 0.190. The summed E-state index contributed by atoms with van der Waals surface area (Å²) in [5, 5.41) is 10.9. The number of hydrogen-bond donors (Lipinski definition) is 1. The summed E-state index contributed by atoms with van der Waals surface area (Å²) in [5.74, 6) is 1.79. The fourth-order valence-electron chi connectivity index (χ4n) is 3.71.